The summed E-state index contributed by atoms with van der Waals surface area (Å²) in [5, 5.41) is 8.37. The van der Waals surface area contributed by atoms with E-state index >= 15 is 0 Å². The molecule has 4 aromatic carbocycles. The van der Waals surface area contributed by atoms with E-state index in [1.165, 1.54) is 60.3 Å². The minimum atomic E-state index is 0.633. The molecule has 0 amide bonds. The summed E-state index contributed by atoms with van der Waals surface area (Å²) in [6.07, 6.45) is 5.25. The van der Waals surface area contributed by atoms with Crippen molar-refractivity contribution in [2.45, 2.75) is 31.8 Å². The molecule has 1 aromatic heterocycles. The van der Waals surface area contributed by atoms with Crippen LogP contribution in [0.4, 0.5) is 11.5 Å². The Balaban J connectivity index is 1.05. The predicted molar refractivity (Wildman–Crippen MR) is 164 cm³/mol. The Morgan fingerprint density at radius 2 is 1.45 bits per heavy atom. The first-order valence-electron chi connectivity index (χ1n) is 14.5. The number of nitrogens with one attached hydrogen (secondary N) is 2. The molecule has 0 saturated carbocycles. The Bertz CT molecular complexity index is 1570. The lowest BCUT2D eigenvalue weighted by Gasteiger charge is -2.45. The van der Waals surface area contributed by atoms with Crippen molar-refractivity contribution in [2.75, 3.05) is 25.0 Å². The third-order valence-corrected chi connectivity index (χ3v) is 8.61. The largest absolute Gasteiger partial charge is 0.340 e. The van der Waals surface area contributed by atoms with Gasteiger partial charge in [0.05, 0.1) is 5.52 Å². The van der Waals surface area contributed by atoms with Crippen LogP contribution in [0.2, 0.25) is 0 Å². The van der Waals surface area contributed by atoms with Crippen LogP contribution in [0.1, 0.15) is 29.5 Å². The molecule has 2 bridgehead atoms. The van der Waals surface area contributed by atoms with Crippen molar-refractivity contribution >= 4 is 22.4 Å². The highest BCUT2D eigenvalue weighted by Gasteiger charge is 2.33. The minimum absolute atomic E-state index is 0.633. The van der Waals surface area contributed by atoms with E-state index in [-0.39, 0.29) is 0 Å². The normalized spacial score (nSPS) is 20.1. The van der Waals surface area contributed by atoms with Gasteiger partial charge in [0.2, 0.25) is 0 Å². The van der Waals surface area contributed by atoms with Gasteiger partial charge in [-0.15, -0.1) is 0 Å². The summed E-state index contributed by atoms with van der Waals surface area (Å²) in [5.74, 6) is 1.67. The summed E-state index contributed by atoms with van der Waals surface area (Å²) >= 11 is 0. The SMILES string of the molecule is c1ccc(Cc2ccc(Nc3ncnc4ccc(-c5ccc(CNC6CN7CCC6CC7)cc5)cc34)cc2)cc1. The van der Waals surface area contributed by atoms with Crippen LogP contribution in [0.25, 0.3) is 22.0 Å². The molecule has 4 heterocycles. The Labute approximate surface area is 236 Å². The molecular formula is C35H35N5. The molecule has 5 nitrogen and oxygen atoms in total. The quantitative estimate of drug-likeness (QED) is 0.233. The van der Waals surface area contributed by atoms with Gasteiger partial charge in [-0.1, -0.05) is 72.8 Å². The van der Waals surface area contributed by atoms with E-state index in [0.717, 1.165) is 41.3 Å². The van der Waals surface area contributed by atoms with Crippen LogP contribution in [0, 0.1) is 5.92 Å². The van der Waals surface area contributed by atoms with E-state index in [4.69, 9.17) is 0 Å². The van der Waals surface area contributed by atoms with Crippen molar-refractivity contribution in [3.05, 3.63) is 120 Å². The molecule has 8 rings (SSSR count). The Kier molecular flexibility index (Phi) is 6.99. The fourth-order valence-electron chi connectivity index (χ4n) is 6.27. The summed E-state index contributed by atoms with van der Waals surface area (Å²) < 4.78 is 0. The van der Waals surface area contributed by atoms with E-state index < -0.39 is 0 Å². The molecule has 200 valence electrons. The number of rotatable bonds is 8. The van der Waals surface area contributed by atoms with Gasteiger partial charge < -0.3 is 15.5 Å². The van der Waals surface area contributed by atoms with Crippen molar-refractivity contribution in [1.82, 2.24) is 20.2 Å². The molecule has 0 spiro atoms. The van der Waals surface area contributed by atoms with Crippen LogP contribution in [-0.4, -0.2) is 40.5 Å². The van der Waals surface area contributed by atoms with Gasteiger partial charge in [0.25, 0.3) is 0 Å². The Hall–Kier alpha value is -4.06. The summed E-state index contributed by atoms with van der Waals surface area (Å²) in [5.41, 5.74) is 8.25. The van der Waals surface area contributed by atoms with E-state index in [2.05, 4.69) is 123 Å². The van der Waals surface area contributed by atoms with Gasteiger partial charge in [-0.05, 0) is 90.4 Å². The molecule has 3 aliphatic rings. The molecule has 3 aliphatic heterocycles. The van der Waals surface area contributed by atoms with E-state index in [1.54, 1.807) is 6.33 Å². The third-order valence-electron chi connectivity index (χ3n) is 8.61. The molecule has 5 heteroatoms. The summed E-state index contributed by atoms with van der Waals surface area (Å²) in [4.78, 5) is 11.7. The molecule has 40 heavy (non-hydrogen) atoms. The van der Waals surface area contributed by atoms with Crippen LogP contribution < -0.4 is 10.6 Å². The average Bonchev–Trinajstić information content (AvgIpc) is 3.02. The van der Waals surface area contributed by atoms with Gasteiger partial charge in [0.15, 0.2) is 0 Å². The average molecular weight is 526 g/mol. The van der Waals surface area contributed by atoms with Gasteiger partial charge in [-0.25, -0.2) is 9.97 Å². The van der Waals surface area contributed by atoms with Crippen LogP contribution in [0.3, 0.4) is 0 Å². The van der Waals surface area contributed by atoms with Crippen molar-refractivity contribution in [1.29, 1.82) is 0 Å². The standard InChI is InChI=1S/C35H35N5/c1-2-4-25(5-3-1)20-26-8-13-31(14-9-26)39-35-32-21-30(12-15-33(32)37-24-38-35)28-10-6-27(7-11-28)22-36-34-23-40-18-16-29(34)17-19-40/h1-15,21,24,29,34,36H,16-20,22-23H2,(H,37,38,39). The predicted octanol–water partition coefficient (Wildman–Crippen LogP) is 6.82. The summed E-state index contributed by atoms with van der Waals surface area (Å²) in [6, 6.07) is 35.2. The second-order valence-corrected chi connectivity index (χ2v) is 11.3. The highest BCUT2D eigenvalue weighted by Crippen LogP contribution is 2.30. The van der Waals surface area contributed by atoms with E-state index in [0.29, 0.717) is 6.04 Å². The number of anilines is 2. The maximum Gasteiger partial charge on any atom is 0.141 e. The second-order valence-electron chi connectivity index (χ2n) is 11.3. The number of piperidine rings is 3. The molecule has 1 atom stereocenters. The first-order valence-corrected chi connectivity index (χ1v) is 14.5. The number of benzene rings is 4. The number of fused-ring (bicyclic) bond motifs is 4. The number of nitrogens with zero attached hydrogens (tertiary/aromatic N) is 3. The first-order chi connectivity index (χ1) is 19.8. The smallest absolute Gasteiger partial charge is 0.141 e. The Morgan fingerprint density at radius 1 is 0.725 bits per heavy atom. The molecule has 1 unspecified atom stereocenters. The molecule has 0 aliphatic carbocycles. The monoisotopic (exact) mass is 525 g/mol. The van der Waals surface area contributed by atoms with Gasteiger partial charge in [-0.3, -0.25) is 0 Å². The van der Waals surface area contributed by atoms with Crippen molar-refractivity contribution < 1.29 is 0 Å². The summed E-state index contributed by atoms with van der Waals surface area (Å²) in [6.45, 7) is 4.70. The van der Waals surface area contributed by atoms with Crippen LogP contribution in [0.5, 0.6) is 0 Å². The zero-order chi connectivity index (χ0) is 26.7. The first kappa shape index (κ1) is 24.9. The molecular weight excluding hydrogens is 490 g/mol. The lowest BCUT2D eigenvalue weighted by molar-refractivity contribution is 0.0720. The van der Waals surface area contributed by atoms with Gasteiger partial charge in [-0.2, -0.15) is 0 Å². The van der Waals surface area contributed by atoms with Gasteiger partial charge >= 0.3 is 0 Å². The molecule has 3 saturated heterocycles. The minimum Gasteiger partial charge on any atom is -0.340 e. The number of hydrogen-bond donors (Lipinski definition) is 2. The lowest BCUT2D eigenvalue weighted by atomic mass is 9.84. The number of aromatic nitrogens is 2. The van der Waals surface area contributed by atoms with Crippen molar-refractivity contribution in [2.24, 2.45) is 5.92 Å². The fourth-order valence-corrected chi connectivity index (χ4v) is 6.27. The lowest BCUT2D eigenvalue weighted by Crippen LogP contribution is -2.55. The zero-order valence-electron chi connectivity index (χ0n) is 22.8. The molecule has 3 fully saturated rings. The zero-order valence-corrected chi connectivity index (χ0v) is 22.8. The van der Waals surface area contributed by atoms with E-state index in [1.807, 2.05) is 0 Å². The number of hydrogen-bond acceptors (Lipinski definition) is 5. The van der Waals surface area contributed by atoms with Crippen LogP contribution in [-0.2, 0) is 13.0 Å². The van der Waals surface area contributed by atoms with Crippen LogP contribution >= 0.6 is 0 Å². The third kappa shape index (κ3) is 5.48. The molecule has 0 radical (unpaired) electrons. The maximum atomic E-state index is 4.59. The highest BCUT2D eigenvalue weighted by atomic mass is 15.2. The maximum absolute atomic E-state index is 4.59. The topological polar surface area (TPSA) is 53.1 Å². The van der Waals surface area contributed by atoms with E-state index in [9.17, 15) is 0 Å². The summed E-state index contributed by atoms with van der Waals surface area (Å²) in [7, 11) is 0. The highest BCUT2D eigenvalue weighted by molar-refractivity contribution is 5.93. The van der Waals surface area contributed by atoms with Crippen molar-refractivity contribution in [3.63, 3.8) is 0 Å². The Morgan fingerprint density at radius 3 is 2.20 bits per heavy atom. The fraction of sp³-hybridized carbons (Fsp3) is 0.257. The molecule has 5 aromatic rings. The van der Waals surface area contributed by atoms with Gasteiger partial charge in [0.1, 0.15) is 12.1 Å². The van der Waals surface area contributed by atoms with Crippen molar-refractivity contribution in [3.8, 4) is 11.1 Å². The van der Waals surface area contributed by atoms with Gasteiger partial charge in [0, 0.05) is 30.2 Å². The van der Waals surface area contributed by atoms with Crippen LogP contribution in [0.15, 0.2) is 103 Å². The second kappa shape index (κ2) is 11.2. The molecule has 2 N–H and O–H groups in total.